The summed E-state index contributed by atoms with van der Waals surface area (Å²) in [5, 5.41) is 10.5. The lowest BCUT2D eigenvalue weighted by Gasteiger charge is -2.14. The fourth-order valence-corrected chi connectivity index (χ4v) is 1.90. The average Bonchev–Trinajstić information content (AvgIpc) is 2.82. The summed E-state index contributed by atoms with van der Waals surface area (Å²) in [5.74, 6) is 0.170. The van der Waals surface area contributed by atoms with Gasteiger partial charge in [0, 0.05) is 17.7 Å². The normalized spacial score (nSPS) is 12.4. The molecule has 1 aromatic heterocycles. The molecule has 0 saturated carbocycles. The molecule has 1 unspecified atom stereocenters. The number of hydrogen-bond acceptors (Lipinski definition) is 5. The van der Waals surface area contributed by atoms with E-state index in [1.54, 1.807) is 19.1 Å². The summed E-state index contributed by atoms with van der Waals surface area (Å²) >= 11 is 0. The minimum Gasteiger partial charge on any atom is -0.487 e. The topological polar surface area (TPSA) is 60.2 Å². The van der Waals surface area contributed by atoms with Crippen LogP contribution >= 0.6 is 0 Å². The number of nitrogens with one attached hydrogen (secondary N) is 1. The highest BCUT2D eigenvalue weighted by atomic mass is 19.1. The van der Waals surface area contributed by atoms with Crippen molar-refractivity contribution in [2.75, 3.05) is 6.54 Å². The van der Waals surface area contributed by atoms with Crippen LogP contribution in [-0.2, 0) is 6.61 Å². The van der Waals surface area contributed by atoms with Crippen LogP contribution in [0.25, 0.3) is 0 Å². The van der Waals surface area contributed by atoms with E-state index in [-0.39, 0.29) is 18.5 Å². The lowest BCUT2D eigenvalue weighted by Crippen LogP contribution is -2.18. The van der Waals surface area contributed by atoms with Gasteiger partial charge < -0.3 is 10.1 Å². The molecule has 0 spiro atoms. The molecule has 1 atom stereocenters. The van der Waals surface area contributed by atoms with Crippen LogP contribution in [0.2, 0.25) is 0 Å². The van der Waals surface area contributed by atoms with Crippen LogP contribution in [0.3, 0.4) is 0 Å². The molecule has 6 heteroatoms. The number of hydrogen-bond donors (Lipinski definition) is 1. The Morgan fingerprint density at radius 1 is 1.40 bits per heavy atom. The van der Waals surface area contributed by atoms with Gasteiger partial charge in [-0.3, -0.25) is 0 Å². The summed E-state index contributed by atoms with van der Waals surface area (Å²) in [7, 11) is 0. The largest absolute Gasteiger partial charge is 0.487 e. The summed E-state index contributed by atoms with van der Waals surface area (Å²) in [6.07, 6.45) is 0. The SMILES string of the molecule is CCNC(C)c1ccc(OCc2nonc2C)cc1F. The number of nitrogens with zero attached hydrogens (tertiary/aromatic N) is 2. The Morgan fingerprint density at radius 2 is 2.20 bits per heavy atom. The summed E-state index contributed by atoms with van der Waals surface area (Å²) in [6.45, 7) is 6.68. The Kier molecular flexibility index (Phi) is 4.68. The summed E-state index contributed by atoms with van der Waals surface area (Å²) in [5.41, 5.74) is 1.90. The van der Waals surface area contributed by atoms with E-state index < -0.39 is 0 Å². The number of benzene rings is 1. The zero-order valence-corrected chi connectivity index (χ0v) is 11.8. The van der Waals surface area contributed by atoms with Crippen molar-refractivity contribution in [2.45, 2.75) is 33.4 Å². The van der Waals surface area contributed by atoms with Crippen LogP contribution in [-0.4, -0.2) is 16.9 Å². The van der Waals surface area contributed by atoms with Crippen molar-refractivity contribution >= 4 is 0 Å². The molecule has 1 aromatic carbocycles. The summed E-state index contributed by atoms with van der Waals surface area (Å²) in [6, 6.07) is 4.82. The summed E-state index contributed by atoms with van der Waals surface area (Å²) < 4.78 is 24.1. The summed E-state index contributed by atoms with van der Waals surface area (Å²) in [4.78, 5) is 0. The van der Waals surface area contributed by atoms with Gasteiger partial charge in [0.25, 0.3) is 0 Å². The van der Waals surface area contributed by atoms with Crippen LogP contribution < -0.4 is 10.1 Å². The van der Waals surface area contributed by atoms with Crippen molar-refractivity contribution < 1.29 is 13.8 Å². The molecule has 0 amide bonds. The highest BCUT2D eigenvalue weighted by Gasteiger charge is 2.12. The van der Waals surface area contributed by atoms with Crippen molar-refractivity contribution in [3.05, 3.63) is 41.0 Å². The fourth-order valence-electron chi connectivity index (χ4n) is 1.90. The second-order valence-corrected chi connectivity index (χ2v) is 4.55. The molecule has 20 heavy (non-hydrogen) atoms. The van der Waals surface area contributed by atoms with E-state index >= 15 is 0 Å². The van der Waals surface area contributed by atoms with E-state index in [0.717, 1.165) is 6.54 Å². The molecule has 0 radical (unpaired) electrons. The number of rotatable bonds is 6. The Morgan fingerprint density at radius 3 is 2.80 bits per heavy atom. The van der Waals surface area contributed by atoms with Gasteiger partial charge in [0.2, 0.25) is 0 Å². The van der Waals surface area contributed by atoms with Gasteiger partial charge in [-0.15, -0.1) is 0 Å². The van der Waals surface area contributed by atoms with Gasteiger partial charge in [-0.2, -0.15) is 0 Å². The van der Waals surface area contributed by atoms with E-state index in [4.69, 9.17) is 4.74 Å². The lowest BCUT2D eigenvalue weighted by atomic mass is 10.1. The second-order valence-electron chi connectivity index (χ2n) is 4.55. The minimum absolute atomic E-state index is 0.0314. The average molecular weight is 279 g/mol. The number of halogens is 1. The molecule has 0 aliphatic carbocycles. The predicted octanol–water partition coefficient (Wildman–Crippen LogP) is 2.77. The smallest absolute Gasteiger partial charge is 0.145 e. The van der Waals surface area contributed by atoms with Gasteiger partial charge in [0.05, 0.1) is 0 Å². The van der Waals surface area contributed by atoms with E-state index in [9.17, 15) is 4.39 Å². The molecule has 108 valence electrons. The van der Waals surface area contributed by atoms with Crippen molar-refractivity contribution in [1.29, 1.82) is 0 Å². The Labute approximate surface area is 117 Å². The Hall–Kier alpha value is -1.95. The first kappa shape index (κ1) is 14.5. The van der Waals surface area contributed by atoms with Gasteiger partial charge >= 0.3 is 0 Å². The molecule has 1 N–H and O–H groups in total. The van der Waals surface area contributed by atoms with Crippen LogP contribution in [0.15, 0.2) is 22.8 Å². The highest BCUT2D eigenvalue weighted by molar-refractivity contribution is 5.30. The van der Waals surface area contributed by atoms with Gasteiger partial charge in [-0.1, -0.05) is 23.3 Å². The molecule has 2 aromatic rings. The molecule has 0 aliphatic heterocycles. The molecule has 0 fully saturated rings. The zero-order valence-electron chi connectivity index (χ0n) is 11.8. The Balaban J connectivity index is 2.03. The molecule has 1 heterocycles. The molecular weight excluding hydrogens is 261 g/mol. The minimum atomic E-state index is -0.286. The predicted molar refractivity (Wildman–Crippen MR) is 71.9 cm³/mol. The molecule has 2 rings (SSSR count). The number of aryl methyl sites for hydroxylation is 1. The van der Waals surface area contributed by atoms with Gasteiger partial charge in [-0.25, -0.2) is 9.02 Å². The molecule has 0 bridgehead atoms. The monoisotopic (exact) mass is 279 g/mol. The van der Waals surface area contributed by atoms with Crippen molar-refractivity contribution in [1.82, 2.24) is 15.6 Å². The number of aromatic nitrogens is 2. The van der Waals surface area contributed by atoms with Crippen LogP contribution in [0.1, 0.15) is 36.8 Å². The first-order valence-corrected chi connectivity index (χ1v) is 6.55. The molecule has 0 aliphatic rings. The van der Waals surface area contributed by atoms with Gasteiger partial charge in [0.1, 0.15) is 29.6 Å². The third-order valence-corrected chi connectivity index (χ3v) is 3.07. The molecule has 5 nitrogen and oxygen atoms in total. The van der Waals surface area contributed by atoms with E-state index in [2.05, 4.69) is 20.3 Å². The van der Waals surface area contributed by atoms with Crippen LogP contribution in [0, 0.1) is 12.7 Å². The standard InChI is InChI=1S/C14H18FN3O2/c1-4-16-9(2)12-6-5-11(7-13(12)15)19-8-14-10(3)17-20-18-14/h5-7,9,16H,4,8H2,1-3H3. The maximum absolute atomic E-state index is 14.0. The Bertz CT molecular complexity index is 571. The first-order valence-electron chi connectivity index (χ1n) is 6.55. The van der Waals surface area contributed by atoms with Gasteiger partial charge in [-0.05, 0) is 26.5 Å². The van der Waals surface area contributed by atoms with Gasteiger partial charge in [0.15, 0.2) is 0 Å². The lowest BCUT2D eigenvalue weighted by molar-refractivity contribution is 0.269. The maximum atomic E-state index is 14.0. The molecule has 0 saturated heterocycles. The van der Waals surface area contributed by atoms with E-state index in [1.165, 1.54) is 6.07 Å². The maximum Gasteiger partial charge on any atom is 0.145 e. The van der Waals surface area contributed by atoms with Crippen molar-refractivity contribution in [2.24, 2.45) is 0 Å². The quantitative estimate of drug-likeness (QED) is 0.881. The third-order valence-electron chi connectivity index (χ3n) is 3.07. The highest BCUT2D eigenvalue weighted by Crippen LogP contribution is 2.22. The van der Waals surface area contributed by atoms with Crippen molar-refractivity contribution in [3.63, 3.8) is 0 Å². The van der Waals surface area contributed by atoms with Crippen LogP contribution in [0.4, 0.5) is 4.39 Å². The third kappa shape index (κ3) is 3.33. The fraction of sp³-hybridized carbons (Fsp3) is 0.429. The van der Waals surface area contributed by atoms with Crippen molar-refractivity contribution in [3.8, 4) is 5.75 Å². The number of ether oxygens (including phenoxy) is 1. The first-order chi connectivity index (χ1) is 9.61. The van der Waals surface area contributed by atoms with E-state index in [0.29, 0.717) is 22.7 Å². The molecular formula is C14H18FN3O2. The van der Waals surface area contributed by atoms with E-state index in [1.807, 2.05) is 13.8 Å². The van der Waals surface area contributed by atoms with Crippen LogP contribution in [0.5, 0.6) is 5.75 Å². The second kappa shape index (κ2) is 6.47. The zero-order chi connectivity index (χ0) is 14.5.